The van der Waals surface area contributed by atoms with Crippen LogP contribution in [0, 0.1) is 6.92 Å². The van der Waals surface area contributed by atoms with Crippen molar-refractivity contribution in [2.45, 2.75) is 20.3 Å². The SMILES string of the molecule is CC/C=N\NC(=O)c1cc(Cl)cc(C)c1NC(=O)c1cccnc1Cl. The third-order valence-corrected chi connectivity index (χ3v) is 3.75. The Balaban J connectivity index is 2.36. The minimum atomic E-state index is -0.483. The van der Waals surface area contributed by atoms with Crippen LogP contribution in [-0.4, -0.2) is 23.0 Å². The lowest BCUT2D eigenvalue weighted by molar-refractivity contribution is 0.0956. The molecule has 2 aromatic rings. The molecule has 1 aromatic heterocycles. The lowest BCUT2D eigenvalue weighted by Gasteiger charge is -2.14. The van der Waals surface area contributed by atoms with E-state index in [2.05, 4.69) is 20.8 Å². The van der Waals surface area contributed by atoms with E-state index in [9.17, 15) is 9.59 Å². The molecule has 0 aliphatic carbocycles. The number of carbonyl (C=O) groups is 2. The highest BCUT2D eigenvalue weighted by Gasteiger charge is 2.19. The van der Waals surface area contributed by atoms with Gasteiger partial charge in [-0.15, -0.1) is 0 Å². The van der Waals surface area contributed by atoms with Crippen molar-refractivity contribution in [3.05, 3.63) is 57.3 Å². The van der Waals surface area contributed by atoms with Crippen LogP contribution in [0.25, 0.3) is 0 Å². The van der Waals surface area contributed by atoms with E-state index in [1.54, 1.807) is 31.3 Å². The third-order valence-electron chi connectivity index (χ3n) is 3.23. The molecule has 25 heavy (non-hydrogen) atoms. The number of nitrogens with one attached hydrogen (secondary N) is 2. The van der Waals surface area contributed by atoms with Gasteiger partial charge in [0.15, 0.2) is 0 Å². The lowest BCUT2D eigenvalue weighted by atomic mass is 10.1. The van der Waals surface area contributed by atoms with Crippen molar-refractivity contribution in [3.63, 3.8) is 0 Å². The van der Waals surface area contributed by atoms with Crippen molar-refractivity contribution in [2.24, 2.45) is 5.10 Å². The number of nitrogens with zero attached hydrogens (tertiary/aromatic N) is 2. The van der Waals surface area contributed by atoms with E-state index in [0.717, 1.165) is 0 Å². The van der Waals surface area contributed by atoms with E-state index in [-0.39, 0.29) is 16.3 Å². The first kappa shape index (κ1) is 18.9. The molecule has 8 heteroatoms. The third kappa shape index (κ3) is 4.78. The van der Waals surface area contributed by atoms with E-state index in [1.807, 2.05) is 6.92 Å². The van der Waals surface area contributed by atoms with Crippen LogP contribution in [0.4, 0.5) is 5.69 Å². The van der Waals surface area contributed by atoms with Crippen LogP contribution in [0.1, 0.15) is 39.6 Å². The van der Waals surface area contributed by atoms with Crippen LogP contribution in [0.5, 0.6) is 0 Å². The molecule has 0 aliphatic heterocycles. The van der Waals surface area contributed by atoms with Gasteiger partial charge in [-0.3, -0.25) is 9.59 Å². The van der Waals surface area contributed by atoms with Crippen LogP contribution in [0.2, 0.25) is 10.2 Å². The fourth-order valence-corrected chi connectivity index (χ4v) is 2.56. The standard InChI is InChI=1S/C17H16Cl2N4O2/c1-3-6-21-23-17(25)13-9-11(18)8-10(2)14(13)22-16(24)12-5-4-7-20-15(12)19/h4-9H,3H2,1-2H3,(H,22,24)(H,23,25)/b21-6-. The van der Waals surface area contributed by atoms with Gasteiger partial charge < -0.3 is 5.32 Å². The first-order valence-electron chi connectivity index (χ1n) is 7.48. The number of rotatable bonds is 5. The van der Waals surface area contributed by atoms with E-state index >= 15 is 0 Å². The molecule has 1 aromatic carbocycles. The number of hydrogen-bond acceptors (Lipinski definition) is 4. The highest BCUT2D eigenvalue weighted by molar-refractivity contribution is 6.33. The summed E-state index contributed by atoms with van der Waals surface area (Å²) in [6, 6.07) is 6.25. The minimum absolute atomic E-state index is 0.0742. The summed E-state index contributed by atoms with van der Waals surface area (Å²) < 4.78 is 0. The van der Waals surface area contributed by atoms with Gasteiger partial charge in [0.05, 0.1) is 16.8 Å². The van der Waals surface area contributed by atoms with Crippen molar-refractivity contribution in [2.75, 3.05) is 5.32 Å². The van der Waals surface area contributed by atoms with Crippen molar-refractivity contribution in [3.8, 4) is 0 Å². The highest BCUT2D eigenvalue weighted by atomic mass is 35.5. The predicted octanol–water partition coefficient (Wildman–Crippen LogP) is 4.07. The second kappa shape index (κ2) is 8.60. The number of pyridine rings is 1. The van der Waals surface area contributed by atoms with Gasteiger partial charge in [0.2, 0.25) is 0 Å². The van der Waals surface area contributed by atoms with Gasteiger partial charge >= 0.3 is 0 Å². The van der Waals surface area contributed by atoms with Gasteiger partial charge in [0, 0.05) is 17.4 Å². The number of hydrazone groups is 1. The summed E-state index contributed by atoms with van der Waals surface area (Å²) in [5.74, 6) is -0.961. The molecule has 0 saturated heterocycles. The molecular formula is C17H16Cl2N4O2. The van der Waals surface area contributed by atoms with Gasteiger partial charge in [0.1, 0.15) is 5.15 Å². The van der Waals surface area contributed by atoms with Crippen molar-refractivity contribution in [1.29, 1.82) is 0 Å². The molecular weight excluding hydrogens is 363 g/mol. The van der Waals surface area contributed by atoms with Gasteiger partial charge in [-0.25, -0.2) is 10.4 Å². The molecule has 0 bridgehead atoms. The van der Waals surface area contributed by atoms with E-state index in [0.29, 0.717) is 22.7 Å². The minimum Gasteiger partial charge on any atom is -0.321 e. The van der Waals surface area contributed by atoms with E-state index < -0.39 is 11.8 Å². The van der Waals surface area contributed by atoms with Crippen LogP contribution in [-0.2, 0) is 0 Å². The number of aromatic nitrogens is 1. The summed E-state index contributed by atoms with van der Waals surface area (Å²) in [6.45, 7) is 3.63. The zero-order chi connectivity index (χ0) is 18.4. The molecule has 0 saturated carbocycles. The summed E-state index contributed by atoms with van der Waals surface area (Å²) in [7, 11) is 0. The molecule has 130 valence electrons. The van der Waals surface area contributed by atoms with Crippen LogP contribution < -0.4 is 10.7 Å². The van der Waals surface area contributed by atoms with Gasteiger partial charge in [-0.1, -0.05) is 30.1 Å². The molecule has 0 unspecified atom stereocenters. The van der Waals surface area contributed by atoms with Crippen LogP contribution >= 0.6 is 23.2 Å². The summed E-state index contributed by atoms with van der Waals surface area (Å²) in [4.78, 5) is 28.7. The summed E-state index contributed by atoms with van der Waals surface area (Å²) >= 11 is 12.0. The monoisotopic (exact) mass is 378 g/mol. The van der Waals surface area contributed by atoms with Crippen LogP contribution in [0.15, 0.2) is 35.6 Å². The molecule has 0 spiro atoms. The Morgan fingerprint density at radius 3 is 2.68 bits per heavy atom. The fraction of sp³-hybridized carbons (Fsp3) is 0.176. The fourth-order valence-electron chi connectivity index (χ4n) is 2.08. The van der Waals surface area contributed by atoms with Gasteiger partial charge in [-0.2, -0.15) is 5.10 Å². The molecule has 2 rings (SSSR count). The van der Waals surface area contributed by atoms with E-state index in [4.69, 9.17) is 23.2 Å². The zero-order valence-corrected chi connectivity index (χ0v) is 15.1. The highest BCUT2D eigenvalue weighted by Crippen LogP contribution is 2.27. The topological polar surface area (TPSA) is 83.5 Å². The molecule has 0 aliphatic rings. The van der Waals surface area contributed by atoms with Crippen molar-refractivity contribution in [1.82, 2.24) is 10.4 Å². The maximum atomic E-state index is 12.5. The Bertz CT molecular complexity index is 837. The van der Waals surface area contributed by atoms with Crippen LogP contribution in [0.3, 0.4) is 0 Å². The molecule has 1 heterocycles. The largest absolute Gasteiger partial charge is 0.321 e. The Morgan fingerprint density at radius 1 is 1.24 bits per heavy atom. The first-order chi connectivity index (χ1) is 11.9. The predicted molar refractivity (Wildman–Crippen MR) is 99.6 cm³/mol. The number of anilines is 1. The normalized spacial score (nSPS) is 10.7. The number of benzene rings is 1. The van der Waals surface area contributed by atoms with E-state index in [1.165, 1.54) is 12.3 Å². The summed E-state index contributed by atoms with van der Waals surface area (Å²) in [5.41, 5.74) is 3.77. The number of carbonyl (C=O) groups excluding carboxylic acids is 2. The number of hydrogen-bond donors (Lipinski definition) is 2. The molecule has 6 nitrogen and oxygen atoms in total. The first-order valence-corrected chi connectivity index (χ1v) is 8.23. The number of amides is 2. The summed E-state index contributed by atoms with van der Waals surface area (Å²) in [6.07, 6.45) is 3.72. The molecule has 2 N–H and O–H groups in total. The number of aryl methyl sites for hydroxylation is 1. The zero-order valence-electron chi connectivity index (χ0n) is 13.6. The molecule has 0 fully saturated rings. The van der Waals surface area contributed by atoms with Gasteiger partial charge in [0.25, 0.3) is 11.8 Å². The van der Waals surface area contributed by atoms with Crippen molar-refractivity contribution >= 4 is 46.9 Å². The lowest BCUT2D eigenvalue weighted by Crippen LogP contribution is -2.22. The maximum Gasteiger partial charge on any atom is 0.273 e. The Morgan fingerprint density at radius 2 is 2.00 bits per heavy atom. The summed E-state index contributed by atoms with van der Waals surface area (Å²) in [5, 5.41) is 6.96. The second-order valence-corrected chi connectivity index (χ2v) is 5.90. The maximum absolute atomic E-state index is 12.5. The number of halogens is 2. The average Bonchev–Trinajstić information content (AvgIpc) is 2.57. The smallest absolute Gasteiger partial charge is 0.273 e. The molecule has 2 amide bonds. The quantitative estimate of drug-likeness (QED) is 0.467. The Labute approximate surface area is 155 Å². The Kier molecular flexibility index (Phi) is 6.50. The second-order valence-electron chi connectivity index (χ2n) is 5.10. The Hall–Kier alpha value is -2.44. The molecule has 0 radical (unpaired) electrons. The van der Waals surface area contributed by atoms with Gasteiger partial charge in [-0.05, 0) is 43.2 Å². The molecule has 0 atom stereocenters. The average molecular weight is 379 g/mol. The van der Waals surface area contributed by atoms with Crippen molar-refractivity contribution < 1.29 is 9.59 Å².